The fraction of sp³-hybridized carbons (Fsp3) is 0.889. The van der Waals surface area contributed by atoms with Crippen molar-refractivity contribution in [3.05, 3.63) is 0 Å². The Bertz CT molecular complexity index is 200. The number of nitrogens with zero attached hydrogens (tertiary/aromatic N) is 1. The molecule has 0 heterocycles. The molecule has 0 aliphatic heterocycles. The van der Waals surface area contributed by atoms with Crippen molar-refractivity contribution >= 4 is 49.7 Å². The summed E-state index contributed by atoms with van der Waals surface area (Å²) in [4.78, 5) is 11.4. The Morgan fingerprint density at radius 3 is 2.35 bits per heavy atom. The maximum absolute atomic E-state index is 11.4. The van der Waals surface area contributed by atoms with Crippen LogP contribution in [0.2, 0.25) is 0 Å². The van der Waals surface area contributed by atoms with E-state index in [2.05, 4.69) is 29.5 Å². The number of carbonyl (C=O) groups is 1. The Hall–Kier alpha value is 1.16. The second-order valence-electron chi connectivity index (χ2n) is 3.06. The topological polar surface area (TPSA) is 29.5 Å². The predicted octanol–water partition coefficient (Wildman–Crippen LogP) is 5.08. The molecular formula is C9H18NNiO2S4. The Balaban J connectivity index is 3.40. The molecule has 0 saturated carbocycles. The van der Waals surface area contributed by atoms with Crippen molar-refractivity contribution in [2.75, 3.05) is 11.5 Å². The summed E-state index contributed by atoms with van der Waals surface area (Å²) in [5.74, 6) is 2.00. The van der Waals surface area contributed by atoms with Gasteiger partial charge in [-0.1, -0.05) is 0 Å². The summed E-state index contributed by atoms with van der Waals surface area (Å²) in [5.41, 5.74) is 0. The second-order valence-corrected chi connectivity index (χ2v) is 8.13. The molecular weight excluding hydrogens is 341 g/mol. The van der Waals surface area contributed by atoms with Gasteiger partial charge in [0.2, 0.25) is 0 Å². The fourth-order valence-electron chi connectivity index (χ4n) is 0.631. The van der Waals surface area contributed by atoms with E-state index in [0.29, 0.717) is 0 Å². The van der Waals surface area contributed by atoms with Gasteiger partial charge in [0.15, 0.2) is 0 Å². The van der Waals surface area contributed by atoms with Gasteiger partial charge in [-0.25, -0.2) is 0 Å². The van der Waals surface area contributed by atoms with Crippen molar-refractivity contribution in [2.24, 2.45) is 0 Å². The van der Waals surface area contributed by atoms with E-state index in [-0.39, 0.29) is 0 Å². The molecule has 0 aliphatic rings. The van der Waals surface area contributed by atoms with Crippen LogP contribution < -0.4 is 0 Å². The van der Waals surface area contributed by atoms with Crippen molar-refractivity contribution < 1.29 is 24.7 Å². The van der Waals surface area contributed by atoms with Crippen molar-refractivity contribution in [3.63, 3.8) is 0 Å². The summed E-state index contributed by atoms with van der Waals surface area (Å²) in [6.07, 6.45) is 4.14. The van der Waals surface area contributed by atoms with E-state index in [1.807, 2.05) is 0 Å². The fourth-order valence-corrected chi connectivity index (χ4v) is 4.46. The molecule has 0 aliphatic carbocycles. The van der Waals surface area contributed by atoms with E-state index in [1.54, 1.807) is 21.6 Å². The molecule has 0 spiro atoms. The second kappa shape index (κ2) is 13.6. The van der Waals surface area contributed by atoms with Gasteiger partial charge in [-0.3, -0.25) is 0 Å². The van der Waals surface area contributed by atoms with E-state index in [1.165, 1.54) is 11.0 Å². The summed E-state index contributed by atoms with van der Waals surface area (Å²) >= 11 is 5.69. The third kappa shape index (κ3) is 12.0. The molecule has 17 heavy (non-hydrogen) atoms. The van der Waals surface area contributed by atoms with Gasteiger partial charge in [0.1, 0.15) is 0 Å². The van der Waals surface area contributed by atoms with Crippen LogP contribution in [0.1, 0.15) is 39.5 Å². The number of hydrogen-bond acceptors (Lipinski definition) is 6. The molecule has 0 N–H and O–H groups in total. The maximum atomic E-state index is 11.4. The van der Waals surface area contributed by atoms with Crippen LogP contribution in [0.15, 0.2) is 0 Å². The van der Waals surface area contributed by atoms with Crippen molar-refractivity contribution in [1.82, 2.24) is 3.39 Å². The molecule has 0 saturated heterocycles. The average Bonchev–Trinajstić information content (AvgIpc) is 2.34. The number of carbonyl (C=O) groups excluding carboxylic acids is 1. The zero-order valence-electron chi connectivity index (χ0n) is 9.96. The van der Waals surface area contributed by atoms with E-state index < -0.39 is 6.09 Å². The normalized spacial score (nSPS) is 10.4. The van der Waals surface area contributed by atoms with E-state index in [9.17, 15) is 4.79 Å². The van der Waals surface area contributed by atoms with Crippen LogP contribution in [0.5, 0.6) is 0 Å². The zero-order chi connectivity index (χ0) is 12.9. The molecule has 0 atom stereocenters. The van der Waals surface area contributed by atoms with Gasteiger partial charge in [0, 0.05) is 0 Å². The van der Waals surface area contributed by atoms with Crippen LogP contribution in [-0.2, 0) is 19.9 Å². The van der Waals surface area contributed by atoms with Gasteiger partial charge >= 0.3 is 129 Å². The summed E-state index contributed by atoms with van der Waals surface area (Å²) in [5, 5.41) is 0. The van der Waals surface area contributed by atoms with Crippen LogP contribution in [-0.4, -0.2) is 21.0 Å². The van der Waals surface area contributed by atoms with E-state index in [0.717, 1.165) is 51.6 Å². The molecule has 0 bridgehead atoms. The van der Waals surface area contributed by atoms with Crippen LogP contribution in [0.3, 0.4) is 0 Å². The van der Waals surface area contributed by atoms with Crippen molar-refractivity contribution in [3.8, 4) is 0 Å². The van der Waals surface area contributed by atoms with Crippen LogP contribution in [0.4, 0.5) is 4.79 Å². The summed E-state index contributed by atoms with van der Waals surface area (Å²) < 4.78 is 6.11. The molecule has 0 aromatic heterocycles. The van der Waals surface area contributed by atoms with E-state index in [4.69, 9.17) is 4.18 Å². The SMILES string of the molecule is CCCCSSOC(=O)[N]([Ni])SSCCCC. The number of hydrogen-bond donors (Lipinski definition) is 0. The first-order valence-electron chi connectivity index (χ1n) is 5.45. The Kier molecular flexibility index (Phi) is 14.5. The Morgan fingerprint density at radius 2 is 1.76 bits per heavy atom. The van der Waals surface area contributed by atoms with Crippen molar-refractivity contribution in [2.45, 2.75) is 39.5 Å². The molecule has 0 aromatic carbocycles. The quantitative estimate of drug-likeness (QED) is 0.178. The first kappa shape index (κ1) is 18.2. The number of unbranched alkanes of at least 4 members (excludes halogenated alkanes) is 2. The summed E-state index contributed by atoms with van der Waals surface area (Å²) in [7, 11) is 4.42. The van der Waals surface area contributed by atoms with Crippen LogP contribution in [0.25, 0.3) is 0 Å². The van der Waals surface area contributed by atoms with Crippen molar-refractivity contribution in [1.29, 1.82) is 0 Å². The standard InChI is InChI=1S/C9H19NO2S4.Ni/c1-3-5-7-13-15-10-9(11)12-16-14-8-6-4-2;/h3-8H2,1-2H3,(H,10,11);/q;+1/p-1. The van der Waals surface area contributed by atoms with Gasteiger partial charge in [0.05, 0.1) is 0 Å². The van der Waals surface area contributed by atoms with Gasteiger partial charge in [0.25, 0.3) is 0 Å². The Morgan fingerprint density at radius 1 is 1.18 bits per heavy atom. The molecule has 1 amide bonds. The van der Waals surface area contributed by atoms with Crippen LogP contribution >= 0.6 is 43.6 Å². The molecule has 0 rings (SSSR count). The van der Waals surface area contributed by atoms with Gasteiger partial charge < -0.3 is 0 Å². The summed E-state index contributed by atoms with van der Waals surface area (Å²) in [6.45, 7) is 4.27. The minimum absolute atomic E-state index is 0.451. The van der Waals surface area contributed by atoms with Gasteiger partial charge in [-0.2, -0.15) is 0 Å². The molecule has 0 aromatic rings. The zero-order valence-corrected chi connectivity index (χ0v) is 14.2. The third-order valence-corrected chi connectivity index (χ3v) is 6.17. The first-order valence-corrected chi connectivity index (χ1v) is 10.4. The summed E-state index contributed by atoms with van der Waals surface area (Å²) in [6, 6.07) is 0. The monoisotopic (exact) mass is 358 g/mol. The minimum atomic E-state index is -0.451. The molecule has 0 unspecified atom stereocenters. The Labute approximate surface area is 128 Å². The number of rotatable bonds is 10. The van der Waals surface area contributed by atoms with E-state index >= 15 is 0 Å². The third-order valence-electron chi connectivity index (χ3n) is 1.56. The van der Waals surface area contributed by atoms with Gasteiger partial charge in [-0.05, 0) is 0 Å². The van der Waals surface area contributed by atoms with Gasteiger partial charge in [-0.15, -0.1) is 0 Å². The molecule has 3 nitrogen and oxygen atoms in total. The molecule has 105 valence electrons. The van der Waals surface area contributed by atoms with Crippen LogP contribution in [0, 0.1) is 0 Å². The predicted molar refractivity (Wildman–Crippen MR) is 78.2 cm³/mol. The molecule has 8 heteroatoms. The molecule has 0 fully saturated rings. The molecule has 0 radical (unpaired) electrons. The average molecular weight is 359 g/mol. The first-order chi connectivity index (χ1) is 8.22. The number of amides is 1.